The molecule has 1 saturated carbocycles. The summed E-state index contributed by atoms with van der Waals surface area (Å²) in [7, 11) is 4.11. The van der Waals surface area contributed by atoms with E-state index in [-0.39, 0.29) is 0 Å². The van der Waals surface area contributed by atoms with Gasteiger partial charge in [-0.05, 0) is 37.3 Å². The molecule has 2 rings (SSSR count). The fraction of sp³-hybridized carbons (Fsp3) is 0.786. The van der Waals surface area contributed by atoms with Crippen LogP contribution in [0.15, 0.2) is 12.3 Å². The van der Waals surface area contributed by atoms with Crippen LogP contribution in [-0.2, 0) is 7.05 Å². The third kappa shape index (κ3) is 2.39. The highest BCUT2D eigenvalue weighted by molar-refractivity contribution is 5.10. The van der Waals surface area contributed by atoms with E-state index in [2.05, 4.69) is 37.4 Å². The van der Waals surface area contributed by atoms with Gasteiger partial charge in [-0.2, -0.15) is 5.10 Å². The van der Waals surface area contributed by atoms with Crippen molar-refractivity contribution in [2.75, 3.05) is 7.05 Å². The molecule has 0 aromatic carbocycles. The van der Waals surface area contributed by atoms with Gasteiger partial charge in [0.25, 0.3) is 0 Å². The van der Waals surface area contributed by atoms with Crippen molar-refractivity contribution in [2.24, 2.45) is 18.4 Å². The average molecular weight is 235 g/mol. The summed E-state index contributed by atoms with van der Waals surface area (Å²) in [6.45, 7) is 4.83. The Morgan fingerprint density at radius 2 is 2.24 bits per heavy atom. The van der Waals surface area contributed by atoms with Crippen LogP contribution in [0.5, 0.6) is 0 Å². The summed E-state index contributed by atoms with van der Waals surface area (Å²) in [5.41, 5.74) is 1.74. The van der Waals surface area contributed by atoms with Crippen molar-refractivity contribution in [3.05, 3.63) is 18.0 Å². The van der Waals surface area contributed by atoms with Crippen LogP contribution in [0.4, 0.5) is 0 Å². The maximum absolute atomic E-state index is 4.30. The molecule has 1 aliphatic rings. The van der Waals surface area contributed by atoms with Gasteiger partial charge in [0.05, 0.1) is 11.7 Å². The second kappa shape index (κ2) is 4.81. The molecule has 0 aliphatic heterocycles. The smallest absolute Gasteiger partial charge is 0.0553 e. The minimum Gasteiger partial charge on any atom is -0.311 e. The van der Waals surface area contributed by atoms with Crippen LogP contribution in [0.1, 0.15) is 51.3 Å². The third-order valence-corrected chi connectivity index (χ3v) is 4.48. The van der Waals surface area contributed by atoms with Gasteiger partial charge in [0.2, 0.25) is 0 Å². The van der Waals surface area contributed by atoms with Crippen molar-refractivity contribution in [2.45, 2.75) is 45.6 Å². The van der Waals surface area contributed by atoms with Crippen LogP contribution < -0.4 is 5.32 Å². The molecule has 17 heavy (non-hydrogen) atoms. The minimum atomic E-state index is 0.427. The lowest BCUT2D eigenvalue weighted by atomic mass is 9.65. The van der Waals surface area contributed by atoms with Gasteiger partial charge < -0.3 is 5.32 Å². The molecule has 1 heterocycles. The maximum Gasteiger partial charge on any atom is 0.0553 e. The van der Waals surface area contributed by atoms with Gasteiger partial charge in [0.1, 0.15) is 0 Å². The Morgan fingerprint density at radius 3 is 2.76 bits per heavy atom. The number of hydrogen-bond donors (Lipinski definition) is 1. The fourth-order valence-corrected chi connectivity index (χ4v) is 3.38. The quantitative estimate of drug-likeness (QED) is 0.873. The molecule has 0 radical (unpaired) electrons. The summed E-state index contributed by atoms with van der Waals surface area (Å²) >= 11 is 0. The summed E-state index contributed by atoms with van der Waals surface area (Å²) in [5, 5.41) is 7.81. The second-order valence-electron chi connectivity index (χ2n) is 5.99. The Morgan fingerprint density at radius 1 is 1.47 bits per heavy atom. The van der Waals surface area contributed by atoms with E-state index >= 15 is 0 Å². The van der Waals surface area contributed by atoms with E-state index in [0.717, 1.165) is 0 Å². The maximum atomic E-state index is 4.30. The van der Waals surface area contributed by atoms with Crippen molar-refractivity contribution >= 4 is 0 Å². The van der Waals surface area contributed by atoms with E-state index in [9.17, 15) is 0 Å². The largest absolute Gasteiger partial charge is 0.311 e. The van der Waals surface area contributed by atoms with Gasteiger partial charge in [-0.15, -0.1) is 0 Å². The summed E-state index contributed by atoms with van der Waals surface area (Å²) in [6.07, 6.45) is 7.31. The van der Waals surface area contributed by atoms with E-state index in [1.165, 1.54) is 31.4 Å². The molecule has 0 spiro atoms. The van der Waals surface area contributed by atoms with Gasteiger partial charge in [-0.3, -0.25) is 4.68 Å². The first-order valence-corrected chi connectivity index (χ1v) is 6.71. The standard InChI is InChI=1S/C14H25N3/c1-14(2)9-6-5-7-11(14)13(15-3)12-8-10-16-17(12)4/h8,10-11,13,15H,5-7,9H2,1-4H3. The van der Waals surface area contributed by atoms with Crippen molar-refractivity contribution in [1.82, 2.24) is 15.1 Å². The lowest BCUT2D eigenvalue weighted by Crippen LogP contribution is -2.38. The Hall–Kier alpha value is -0.830. The normalized spacial score (nSPS) is 25.8. The predicted octanol–water partition coefficient (Wildman–Crippen LogP) is 2.90. The first-order chi connectivity index (χ1) is 8.06. The van der Waals surface area contributed by atoms with Crippen molar-refractivity contribution in [3.63, 3.8) is 0 Å². The molecule has 1 N–H and O–H groups in total. The molecular formula is C14H25N3. The molecule has 0 bridgehead atoms. The first-order valence-electron chi connectivity index (χ1n) is 6.71. The zero-order valence-electron chi connectivity index (χ0n) is 11.5. The molecule has 3 heteroatoms. The molecule has 0 amide bonds. The van der Waals surface area contributed by atoms with Gasteiger partial charge in [0.15, 0.2) is 0 Å². The Labute approximate surface area is 105 Å². The number of rotatable bonds is 3. The Balaban J connectivity index is 2.26. The molecule has 1 aromatic heterocycles. The molecule has 0 saturated heterocycles. The van der Waals surface area contributed by atoms with E-state index in [4.69, 9.17) is 0 Å². The highest BCUT2D eigenvalue weighted by Crippen LogP contribution is 2.46. The van der Waals surface area contributed by atoms with Gasteiger partial charge in [0, 0.05) is 13.2 Å². The van der Waals surface area contributed by atoms with E-state index in [1.807, 2.05) is 17.9 Å². The lowest BCUT2D eigenvalue weighted by Gasteiger charge is -2.43. The highest BCUT2D eigenvalue weighted by Gasteiger charge is 2.38. The van der Waals surface area contributed by atoms with Crippen molar-refractivity contribution < 1.29 is 0 Å². The third-order valence-electron chi connectivity index (χ3n) is 4.48. The predicted molar refractivity (Wildman–Crippen MR) is 70.7 cm³/mol. The number of nitrogens with zero attached hydrogens (tertiary/aromatic N) is 2. The van der Waals surface area contributed by atoms with Crippen molar-refractivity contribution in [3.8, 4) is 0 Å². The summed E-state index contributed by atoms with van der Waals surface area (Å²) < 4.78 is 2.01. The zero-order valence-corrected chi connectivity index (χ0v) is 11.5. The van der Waals surface area contributed by atoms with E-state index in [1.54, 1.807) is 0 Å². The molecule has 1 aliphatic carbocycles. The zero-order chi connectivity index (χ0) is 12.5. The average Bonchev–Trinajstić information content (AvgIpc) is 2.68. The SMILES string of the molecule is CNC(c1ccnn1C)C1CCCCC1(C)C. The van der Waals surface area contributed by atoms with E-state index in [0.29, 0.717) is 17.4 Å². The monoisotopic (exact) mass is 235 g/mol. The molecule has 1 aromatic rings. The number of hydrogen-bond acceptors (Lipinski definition) is 2. The number of nitrogens with one attached hydrogen (secondary N) is 1. The molecular weight excluding hydrogens is 210 g/mol. The second-order valence-corrected chi connectivity index (χ2v) is 5.99. The summed E-state index contributed by atoms with van der Waals surface area (Å²) in [5.74, 6) is 0.705. The van der Waals surface area contributed by atoms with E-state index < -0.39 is 0 Å². The van der Waals surface area contributed by atoms with Gasteiger partial charge in [-0.25, -0.2) is 0 Å². The van der Waals surface area contributed by atoms with Crippen LogP contribution >= 0.6 is 0 Å². The first kappa shape index (κ1) is 12.6. The van der Waals surface area contributed by atoms with Gasteiger partial charge >= 0.3 is 0 Å². The van der Waals surface area contributed by atoms with Crippen LogP contribution in [0, 0.1) is 11.3 Å². The molecule has 1 fully saturated rings. The van der Waals surface area contributed by atoms with Crippen LogP contribution in [-0.4, -0.2) is 16.8 Å². The van der Waals surface area contributed by atoms with Crippen LogP contribution in [0.25, 0.3) is 0 Å². The Bertz CT molecular complexity index is 367. The molecule has 3 nitrogen and oxygen atoms in total. The summed E-state index contributed by atoms with van der Waals surface area (Å²) in [4.78, 5) is 0. The van der Waals surface area contributed by atoms with Crippen molar-refractivity contribution in [1.29, 1.82) is 0 Å². The topological polar surface area (TPSA) is 29.9 Å². The molecule has 2 atom stereocenters. The highest BCUT2D eigenvalue weighted by atomic mass is 15.3. The van der Waals surface area contributed by atoms with Crippen LogP contribution in [0.3, 0.4) is 0 Å². The molecule has 2 unspecified atom stereocenters. The summed E-state index contributed by atoms with van der Waals surface area (Å²) in [6, 6.07) is 2.57. The molecule has 96 valence electrons. The Kier molecular flexibility index (Phi) is 3.57. The number of aryl methyl sites for hydroxylation is 1. The minimum absolute atomic E-state index is 0.427. The fourth-order valence-electron chi connectivity index (χ4n) is 3.38. The van der Waals surface area contributed by atoms with Crippen LogP contribution in [0.2, 0.25) is 0 Å². The van der Waals surface area contributed by atoms with Gasteiger partial charge in [-0.1, -0.05) is 26.7 Å². The number of aromatic nitrogens is 2. The lowest BCUT2D eigenvalue weighted by molar-refractivity contribution is 0.0982.